The van der Waals surface area contributed by atoms with Crippen molar-refractivity contribution in [3.63, 3.8) is 0 Å². The molecule has 2 N–H and O–H groups in total. The predicted molar refractivity (Wildman–Crippen MR) is 49.4 cm³/mol. The Morgan fingerprint density at radius 2 is 2.06 bits per heavy atom. The van der Waals surface area contributed by atoms with Crippen LogP contribution in [0.15, 0.2) is 6.07 Å². The van der Waals surface area contributed by atoms with Crippen LogP contribution < -0.4 is 10.5 Å². The van der Waals surface area contributed by atoms with Gasteiger partial charge in [0.05, 0.1) is 12.5 Å². The molecule has 8 heteroatoms. The van der Waals surface area contributed by atoms with E-state index in [1.165, 1.54) is 6.07 Å². The van der Waals surface area contributed by atoms with Crippen LogP contribution in [-0.2, 0) is 6.42 Å². The van der Waals surface area contributed by atoms with Gasteiger partial charge < -0.3 is 10.5 Å². The lowest BCUT2D eigenvalue weighted by Crippen LogP contribution is -2.19. The van der Waals surface area contributed by atoms with Gasteiger partial charge in [0.1, 0.15) is 17.5 Å². The molecule has 5 nitrogen and oxygen atoms in total. The lowest BCUT2D eigenvalue weighted by atomic mass is 10.1. The number of nitriles is 2. The van der Waals surface area contributed by atoms with E-state index in [1.54, 1.807) is 6.07 Å². The molecule has 0 radical (unpaired) electrons. The van der Waals surface area contributed by atoms with E-state index in [2.05, 4.69) is 9.72 Å². The van der Waals surface area contributed by atoms with Gasteiger partial charge in [0.25, 0.3) is 0 Å². The zero-order chi connectivity index (χ0) is 13.1. The number of alkyl halides is 3. The summed E-state index contributed by atoms with van der Waals surface area (Å²) in [6.07, 6.45) is -5.11. The molecule has 0 unspecified atom stereocenters. The molecule has 17 heavy (non-hydrogen) atoms. The number of anilines is 1. The van der Waals surface area contributed by atoms with Crippen LogP contribution >= 0.6 is 0 Å². The number of pyridine rings is 1. The van der Waals surface area contributed by atoms with Gasteiger partial charge >= 0.3 is 6.36 Å². The van der Waals surface area contributed by atoms with Gasteiger partial charge in [-0.1, -0.05) is 0 Å². The third-order valence-corrected chi connectivity index (χ3v) is 1.70. The van der Waals surface area contributed by atoms with Crippen molar-refractivity contribution in [2.24, 2.45) is 0 Å². The molecule has 0 spiro atoms. The molecule has 0 saturated heterocycles. The highest BCUT2D eigenvalue weighted by atomic mass is 19.4. The van der Waals surface area contributed by atoms with E-state index < -0.39 is 17.8 Å². The van der Waals surface area contributed by atoms with Gasteiger partial charge in [-0.3, -0.25) is 0 Å². The smallest absolute Gasteiger partial charge is 0.386 e. The summed E-state index contributed by atoms with van der Waals surface area (Å²) in [7, 11) is 0. The van der Waals surface area contributed by atoms with Crippen LogP contribution in [0, 0.1) is 22.7 Å². The Bertz CT molecular complexity index is 513. The monoisotopic (exact) mass is 242 g/mol. The molecule has 0 aliphatic rings. The molecule has 1 aromatic rings. The fourth-order valence-electron chi connectivity index (χ4n) is 1.05. The van der Waals surface area contributed by atoms with Gasteiger partial charge in [-0.2, -0.15) is 15.5 Å². The quantitative estimate of drug-likeness (QED) is 0.847. The molecule has 1 aromatic heterocycles. The molecule has 0 aliphatic carbocycles. The zero-order valence-corrected chi connectivity index (χ0v) is 8.25. The lowest BCUT2D eigenvalue weighted by Gasteiger charge is -2.10. The van der Waals surface area contributed by atoms with Crippen molar-refractivity contribution in [1.82, 2.24) is 4.98 Å². The van der Waals surface area contributed by atoms with E-state index in [-0.39, 0.29) is 17.8 Å². The van der Waals surface area contributed by atoms with Crippen molar-refractivity contribution < 1.29 is 17.9 Å². The van der Waals surface area contributed by atoms with Crippen molar-refractivity contribution in [3.05, 3.63) is 17.2 Å². The summed E-state index contributed by atoms with van der Waals surface area (Å²) in [6, 6.07) is 4.29. The third-order valence-electron chi connectivity index (χ3n) is 1.70. The normalized spacial score (nSPS) is 10.4. The number of hydrogen-bond donors (Lipinski definition) is 1. The maximum absolute atomic E-state index is 12.0. The fourth-order valence-corrected chi connectivity index (χ4v) is 1.05. The van der Waals surface area contributed by atoms with E-state index >= 15 is 0 Å². The maximum atomic E-state index is 12.0. The molecule has 0 aromatic carbocycles. The topological polar surface area (TPSA) is 95.7 Å². The van der Waals surface area contributed by atoms with E-state index in [9.17, 15) is 13.2 Å². The summed E-state index contributed by atoms with van der Waals surface area (Å²) in [6.45, 7) is 0. The van der Waals surface area contributed by atoms with Crippen LogP contribution in [0.3, 0.4) is 0 Å². The highest BCUT2D eigenvalue weighted by Gasteiger charge is 2.33. The molecule has 88 valence electrons. The summed E-state index contributed by atoms with van der Waals surface area (Å²) in [5.74, 6) is -1.19. The van der Waals surface area contributed by atoms with Crippen LogP contribution in [0.4, 0.5) is 19.0 Å². The Balaban J connectivity index is 3.21. The van der Waals surface area contributed by atoms with Crippen molar-refractivity contribution in [2.45, 2.75) is 12.8 Å². The zero-order valence-electron chi connectivity index (χ0n) is 8.25. The van der Waals surface area contributed by atoms with E-state index in [0.717, 1.165) is 6.07 Å². The molecule has 0 aliphatic heterocycles. The van der Waals surface area contributed by atoms with Gasteiger partial charge in [-0.05, 0) is 6.07 Å². The molecule has 0 fully saturated rings. The predicted octanol–water partition coefficient (Wildman–Crippen LogP) is 1.50. The van der Waals surface area contributed by atoms with Crippen molar-refractivity contribution in [2.75, 3.05) is 5.73 Å². The maximum Gasteiger partial charge on any atom is 0.574 e. The standard InChI is InChI=1S/C9H5F3N4O/c10-9(11,12)17-8-6(4-14)3-5(1-2-13)7(15)16-8/h3H,1H2,(H2,15,16). The highest BCUT2D eigenvalue weighted by molar-refractivity contribution is 5.51. The van der Waals surface area contributed by atoms with Crippen LogP contribution in [0.2, 0.25) is 0 Å². The van der Waals surface area contributed by atoms with Crippen molar-refractivity contribution in [1.29, 1.82) is 10.5 Å². The Kier molecular flexibility index (Phi) is 3.39. The number of ether oxygens (including phenoxy) is 1. The summed E-state index contributed by atoms with van der Waals surface area (Å²) in [4.78, 5) is 3.31. The number of rotatable bonds is 2. The van der Waals surface area contributed by atoms with E-state index in [0.29, 0.717) is 0 Å². The summed E-state index contributed by atoms with van der Waals surface area (Å²) in [5.41, 5.74) is 5.08. The Morgan fingerprint density at radius 1 is 1.41 bits per heavy atom. The SMILES string of the molecule is N#CCc1cc(C#N)c(OC(F)(F)F)nc1N. The molecule has 0 saturated carbocycles. The van der Waals surface area contributed by atoms with E-state index in [1.807, 2.05) is 0 Å². The first kappa shape index (κ1) is 12.6. The number of halogens is 3. The van der Waals surface area contributed by atoms with Crippen LogP contribution in [-0.4, -0.2) is 11.3 Å². The van der Waals surface area contributed by atoms with Gasteiger partial charge in [0, 0.05) is 5.56 Å². The minimum absolute atomic E-state index is 0.153. The van der Waals surface area contributed by atoms with Gasteiger partial charge in [0.2, 0.25) is 5.88 Å². The molecular formula is C9H5F3N4O. The van der Waals surface area contributed by atoms with E-state index in [4.69, 9.17) is 16.3 Å². The van der Waals surface area contributed by atoms with Crippen molar-refractivity contribution in [3.8, 4) is 18.0 Å². The Morgan fingerprint density at radius 3 is 2.53 bits per heavy atom. The first-order chi connectivity index (χ1) is 7.87. The number of nitrogens with zero attached hydrogens (tertiary/aromatic N) is 3. The summed E-state index contributed by atoms with van der Waals surface area (Å²) in [5, 5.41) is 17.1. The second-order valence-corrected chi connectivity index (χ2v) is 2.88. The third kappa shape index (κ3) is 3.24. The van der Waals surface area contributed by atoms with Gasteiger partial charge in [0.15, 0.2) is 0 Å². The largest absolute Gasteiger partial charge is 0.574 e. The first-order valence-corrected chi connectivity index (χ1v) is 4.19. The average Bonchev–Trinajstić information content (AvgIpc) is 2.20. The first-order valence-electron chi connectivity index (χ1n) is 4.19. The Hall–Kier alpha value is -2.48. The molecule has 1 rings (SSSR count). The number of aromatic nitrogens is 1. The van der Waals surface area contributed by atoms with Crippen LogP contribution in [0.5, 0.6) is 5.88 Å². The highest BCUT2D eigenvalue weighted by Crippen LogP contribution is 2.26. The lowest BCUT2D eigenvalue weighted by molar-refractivity contribution is -0.276. The Labute approximate surface area is 93.8 Å². The fraction of sp³-hybridized carbons (Fsp3) is 0.222. The molecule has 0 atom stereocenters. The number of hydrogen-bond acceptors (Lipinski definition) is 5. The number of nitrogens with two attached hydrogens (primary N) is 1. The van der Waals surface area contributed by atoms with Crippen LogP contribution in [0.25, 0.3) is 0 Å². The second kappa shape index (κ2) is 4.58. The molecule has 1 heterocycles. The minimum Gasteiger partial charge on any atom is -0.386 e. The molecule has 0 bridgehead atoms. The average molecular weight is 242 g/mol. The van der Waals surface area contributed by atoms with Crippen molar-refractivity contribution >= 4 is 5.82 Å². The minimum atomic E-state index is -4.96. The second-order valence-electron chi connectivity index (χ2n) is 2.88. The molecular weight excluding hydrogens is 237 g/mol. The summed E-state index contributed by atoms with van der Waals surface area (Å²) < 4.78 is 39.5. The van der Waals surface area contributed by atoms with Crippen LogP contribution in [0.1, 0.15) is 11.1 Å². The number of nitrogen functional groups attached to an aromatic ring is 1. The molecule has 0 amide bonds. The van der Waals surface area contributed by atoms with Gasteiger partial charge in [-0.25, -0.2) is 0 Å². The van der Waals surface area contributed by atoms with Gasteiger partial charge in [-0.15, -0.1) is 13.2 Å². The summed E-state index contributed by atoms with van der Waals surface area (Å²) >= 11 is 0.